The normalized spacial score (nSPS) is 26.9. The van der Waals surface area contributed by atoms with Crippen molar-refractivity contribution in [3.8, 4) is 0 Å². The highest BCUT2D eigenvalue weighted by Crippen LogP contribution is 2.24. The van der Waals surface area contributed by atoms with Crippen molar-refractivity contribution in [3.05, 3.63) is 0 Å². The van der Waals surface area contributed by atoms with Gasteiger partial charge in [0.1, 0.15) is 0 Å². The van der Waals surface area contributed by atoms with Crippen molar-refractivity contribution in [1.29, 1.82) is 0 Å². The third-order valence-corrected chi connectivity index (χ3v) is 4.16. The maximum Gasteiger partial charge on any atom is 0.224 e. The van der Waals surface area contributed by atoms with Gasteiger partial charge in [-0.2, -0.15) is 0 Å². The molecule has 2 saturated heterocycles. The van der Waals surface area contributed by atoms with Gasteiger partial charge in [-0.25, -0.2) is 0 Å². The number of likely N-dealkylation sites (tertiary alicyclic amines) is 1. The van der Waals surface area contributed by atoms with Crippen molar-refractivity contribution in [2.75, 3.05) is 46.5 Å². The SMILES string of the molecule is COCCC(=O)N1CC[C@H]2CN(C(C)=O)CCO[C@H]2C1. The van der Waals surface area contributed by atoms with E-state index in [1.165, 1.54) is 0 Å². The Morgan fingerprint density at radius 2 is 2.05 bits per heavy atom. The van der Waals surface area contributed by atoms with Crippen LogP contribution in [0.25, 0.3) is 0 Å². The predicted octanol–water partition coefficient (Wildman–Crippen LogP) is 0.119. The van der Waals surface area contributed by atoms with E-state index < -0.39 is 0 Å². The molecule has 2 fully saturated rings. The minimum atomic E-state index is 0.0552. The Balaban J connectivity index is 1.90. The Kier molecular flexibility index (Phi) is 5.37. The fraction of sp³-hybridized carbons (Fsp3) is 0.857. The van der Waals surface area contributed by atoms with Crippen molar-refractivity contribution in [2.24, 2.45) is 5.92 Å². The summed E-state index contributed by atoms with van der Waals surface area (Å²) in [5, 5.41) is 0. The van der Waals surface area contributed by atoms with Gasteiger partial charge in [0.2, 0.25) is 11.8 Å². The fourth-order valence-corrected chi connectivity index (χ4v) is 2.91. The molecule has 0 unspecified atom stereocenters. The van der Waals surface area contributed by atoms with Crippen LogP contribution in [0.15, 0.2) is 0 Å². The Labute approximate surface area is 120 Å². The van der Waals surface area contributed by atoms with Gasteiger partial charge in [0.15, 0.2) is 0 Å². The second kappa shape index (κ2) is 7.04. The van der Waals surface area contributed by atoms with Gasteiger partial charge < -0.3 is 19.3 Å². The zero-order valence-electron chi connectivity index (χ0n) is 12.3. The van der Waals surface area contributed by atoms with Gasteiger partial charge in [0.05, 0.1) is 25.7 Å². The van der Waals surface area contributed by atoms with Gasteiger partial charge in [-0.1, -0.05) is 0 Å². The van der Waals surface area contributed by atoms with Crippen LogP contribution >= 0.6 is 0 Å². The van der Waals surface area contributed by atoms with Crippen LogP contribution in [0.5, 0.6) is 0 Å². The number of nitrogens with zero attached hydrogens (tertiary/aromatic N) is 2. The third kappa shape index (κ3) is 3.70. The van der Waals surface area contributed by atoms with Gasteiger partial charge in [-0.15, -0.1) is 0 Å². The van der Waals surface area contributed by atoms with Crippen LogP contribution in [-0.2, 0) is 19.1 Å². The number of carbonyl (C=O) groups excluding carboxylic acids is 2. The average Bonchev–Trinajstić information content (AvgIpc) is 2.66. The number of carbonyl (C=O) groups is 2. The summed E-state index contributed by atoms with van der Waals surface area (Å²) in [7, 11) is 1.60. The number of amides is 2. The Bertz CT molecular complexity index is 361. The second-order valence-corrected chi connectivity index (χ2v) is 5.51. The van der Waals surface area contributed by atoms with E-state index in [1.807, 2.05) is 9.80 Å². The summed E-state index contributed by atoms with van der Waals surface area (Å²) in [5.74, 6) is 0.572. The van der Waals surface area contributed by atoms with Crippen molar-refractivity contribution >= 4 is 11.8 Å². The molecule has 0 aromatic carbocycles. The van der Waals surface area contributed by atoms with E-state index in [0.29, 0.717) is 38.6 Å². The van der Waals surface area contributed by atoms with E-state index in [9.17, 15) is 9.59 Å². The molecular formula is C14H24N2O4. The Hall–Kier alpha value is -1.14. The van der Waals surface area contributed by atoms with Crippen LogP contribution in [0.1, 0.15) is 19.8 Å². The van der Waals surface area contributed by atoms with Crippen LogP contribution in [0.4, 0.5) is 0 Å². The van der Waals surface area contributed by atoms with Crippen LogP contribution in [0, 0.1) is 5.92 Å². The van der Waals surface area contributed by atoms with Crippen molar-refractivity contribution < 1.29 is 19.1 Å². The van der Waals surface area contributed by atoms with E-state index in [0.717, 1.165) is 19.5 Å². The van der Waals surface area contributed by atoms with Crippen LogP contribution in [0.3, 0.4) is 0 Å². The van der Waals surface area contributed by atoms with Gasteiger partial charge in [0, 0.05) is 46.1 Å². The smallest absolute Gasteiger partial charge is 0.224 e. The minimum Gasteiger partial charge on any atom is -0.384 e. The summed E-state index contributed by atoms with van der Waals surface area (Å²) in [6.07, 6.45) is 1.38. The topological polar surface area (TPSA) is 59.1 Å². The zero-order chi connectivity index (χ0) is 14.5. The lowest BCUT2D eigenvalue weighted by atomic mass is 9.93. The molecule has 2 aliphatic rings. The highest BCUT2D eigenvalue weighted by atomic mass is 16.5. The largest absolute Gasteiger partial charge is 0.384 e. The van der Waals surface area contributed by atoms with E-state index in [-0.39, 0.29) is 17.9 Å². The van der Waals surface area contributed by atoms with Gasteiger partial charge in [-0.3, -0.25) is 9.59 Å². The van der Waals surface area contributed by atoms with E-state index in [1.54, 1.807) is 14.0 Å². The van der Waals surface area contributed by atoms with Crippen molar-refractivity contribution in [2.45, 2.75) is 25.9 Å². The first-order valence-electron chi connectivity index (χ1n) is 7.25. The molecule has 0 N–H and O–H groups in total. The molecule has 2 aliphatic heterocycles. The average molecular weight is 284 g/mol. The van der Waals surface area contributed by atoms with Gasteiger partial charge in [0.25, 0.3) is 0 Å². The van der Waals surface area contributed by atoms with E-state index in [2.05, 4.69) is 0 Å². The molecule has 6 heteroatoms. The minimum absolute atomic E-state index is 0.0552. The number of hydrogen-bond acceptors (Lipinski definition) is 4. The summed E-state index contributed by atoms with van der Waals surface area (Å²) in [6.45, 7) is 5.41. The number of rotatable bonds is 3. The molecule has 0 aromatic heterocycles. The molecule has 2 amide bonds. The van der Waals surface area contributed by atoms with Crippen molar-refractivity contribution in [1.82, 2.24) is 9.80 Å². The predicted molar refractivity (Wildman–Crippen MR) is 73.2 cm³/mol. The lowest BCUT2D eigenvalue weighted by Crippen LogP contribution is -2.49. The van der Waals surface area contributed by atoms with E-state index >= 15 is 0 Å². The number of hydrogen-bond donors (Lipinski definition) is 0. The van der Waals surface area contributed by atoms with E-state index in [4.69, 9.17) is 9.47 Å². The standard InChI is InChI=1S/C14H24N2O4/c1-11(17)15-6-8-20-13-10-16(5-3-12(13)9-15)14(18)4-7-19-2/h12-13H,3-10H2,1-2H3/t12-,13-/m0/s1. The third-order valence-electron chi connectivity index (χ3n) is 4.16. The molecule has 0 aromatic rings. The summed E-state index contributed by atoms with van der Waals surface area (Å²) in [5.41, 5.74) is 0. The summed E-state index contributed by atoms with van der Waals surface area (Å²) in [4.78, 5) is 27.2. The molecule has 0 radical (unpaired) electrons. The Morgan fingerprint density at radius 1 is 1.25 bits per heavy atom. The molecule has 2 heterocycles. The second-order valence-electron chi connectivity index (χ2n) is 5.51. The number of piperidine rings is 1. The fourth-order valence-electron chi connectivity index (χ4n) is 2.91. The summed E-state index contributed by atoms with van der Waals surface area (Å²) >= 11 is 0. The quantitative estimate of drug-likeness (QED) is 0.738. The number of fused-ring (bicyclic) bond motifs is 1. The van der Waals surface area contributed by atoms with Crippen molar-refractivity contribution in [3.63, 3.8) is 0 Å². The molecule has 0 spiro atoms. The summed E-state index contributed by atoms with van der Waals surface area (Å²) in [6, 6.07) is 0. The van der Waals surface area contributed by atoms with Crippen LogP contribution < -0.4 is 0 Å². The molecule has 20 heavy (non-hydrogen) atoms. The molecule has 2 atom stereocenters. The molecular weight excluding hydrogens is 260 g/mol. The lowest BCUT2D eigenvalue weighted by molar-refractivity contribution is -0.138. The molecule has 0 saturated carbocycles. The molecule has 0 aliphatic carbocycles. The first kappa shape index (κ1) is 15.3. The number of ether oxygens (including phenoxy) is 2. The first-order chi connectivity index (χ1) is 9.61. The zero-order valence-corrected chi connectivity index (χ0v) is 12.3. The molecule has 114 valence electrons. The lowest BCUT2D eigenvalue weighted by Gasteiger charge is -2.38. The maximum absolute atomic E-state index is 12.0. The molecule has 2 rings (SSSR count). The highest BCUT2D eigenvalue weighted by molar-refractivity contribution is 5.76. The highest BCUT2D eigenvalue weighted by Gasteiger charge is 2.35. The molecule has 6 nitrogen and oxygen atoms in total. The molecule has 0 bridgehead atoms. The van der Waals surface area contributed by atoms with Crippen LogP contribution in [-0.4, -0.2) is 74.2 Å². The Morgan fingerprint density at radius 3 is 2.75 bits per heavy atom. The summed E-state index contributed by atoms with van der Waals surface area (Å²) < 4.78 is 10.8. The number of methoxy groups -OCH3 is 1. The van der Waals surface area contributed by atoms with Gasteiger partial charge in [-0.05, 0) is 6.42 Å². The maximum atomic E-state index is 12.0. The van der Waals surface area contributed by atoms with Gasteiger partial charge >= 0.3 is 0 Å². The first-order valence-corrected chi connectivity index (χ1v) is 7.25. The monoisotopic (exact) mass is 284 g/mol. The van der Waals surface area contributed by atoms with Crippen LogP contribution in [0.2, 0.25) is 0 Å².